The van der Waals surface area contributed by atoms with Crippen LogP contribution in [0, 0.1) is 10.1 Å². The van der Waals surface area contributed by atoms with Crippen LogP contribution in [-0.4, -0.2) is 97.3 Å². The minimum Gasteiger partial charge on any atom is -0.379 e. The Morgan fingerprint density at radius 3 is 2.68 bits per heavy atom. The van der Waals surface area contributed by atoms with Crippen molar-refractivity contribution in [3.8, 4) is 0 Å². The number of hydrogen-bond acceptors (Lipinski definition) is 9. The topological polar surface area (TPSA) is 99.9 Å². The smallest absolute Gasteiger partial charge is 0.353 e. The Balaban J connectivity index is 1.62. The summed E-state index contributed by atoms with van der Waals surface area (Å²) in [6.45, 7) is 6.98. The standard InChI is InChI=1S/C18H31N7O3/c1-22-8-4-15(5-9-22)23(2)18-16(25(26)27)17(20-14-21-18)19-6-3-7-24-10-12-28-13-11-24/h14-15H,3-13H2,1-2H3,(H,19,20,21). The quantitative estimate of drug-likeness (QED) is 0.394. The van der Waals surface area contributed by atoms with Crippen LogP contribution >= 0.6 is 0 Å². The largest absolute Gasteiger partial charge is 0.379 e. The second kappa shape index (κ2) is 9.94. The van der Waals surface area contributed by atoms with Crippen molar-refractivity contribution in [2.75, 3.05) is 76.8 Å². The van der Waals surface area contributed by atoms with Gasteiger partial charge in [-0.2, -0.15) is 0 Å². The minimum absolute atomic E-state index is 0.0321. The lowest BCUT2D eigenvalue weighted by atomic mass is 10.0. The summed E-state index contributed by atoms with van der Waals surface area (Å²) in [5, 5.41) is 14.9. The summed E-state index contributed by atoms with van der Waals surface area (Å²) < 4.78 is 5.35. The maximum atomic E-state index is 11.8. The van der Waals surface area contributed by atoms with Crippen LogP contribution in [0.5, 0.6) is 0 Å². The lowest BCUT2D eigenvalue weighted by Gasteiger charge is -2.35. The zero-order valence-electron chi connectivity index (χ0n) is 16.8. The first kappa shape index (κ1) is 20.7. The van der Waals surface area contributed by atoms with Gasteiger partial charge in [-0.3, -0.25) is 15.0 Å². The number of nitro groups is 1. The number of nitrogens with one attached hydrogen (secondary N) is 1. The molecule has 0 amide bonds. The van der Waals surface area contributed by atoms with Crippen LogP contribution < -0.4 is 10.2 Å². The molecule has 0 bridgehead atoms. The molecular formula is C18H31N7O3. The second-order valence-corrected chi connectivity index (χ2v) is 7.53. The van der Waals surface area contributed by atoms with Gasteiger partial charge in [0.25, 0.3) is 0 Å². The van der Waals surface area contributed by atoms with Crippen LogP contribution in [0.1, 0.15) is 19.3 Å². The molecule has 0 unspecified atom stereocenters. The molecule has 2 aliphatic heterocycles. The normalized spacial score (nSPS) is 19.5. The summed E-state index contributed by atoms with van der Waals surface area (Å²) in [7, 11) is 4.00. The van der Waals surface area contributed by atoms with Gasteiger partial charge >= 0.3 is 5.69 Å². The number of morpholine rings is 1. The molecule has 1 aromatic rings. The van der Waals surface area contributed by atoms with Crippen molar-refractivity contribution in [1.29, 1.82) is 0 Å². The summed E-state index contributed by atoms with van der Waals surface area (Å²) in [5.74, 6) is 0.696. The van der Waals surface area contributed by atoms with Gasteiger partial charge in [-0.1, -0.05) is 0 Å². The molecule has 1 aromatic heterocycles. The maximum Gasteiger partial charge on any atom is 0.353 e. The molecule has 1 N–H and O–H groups in total. The lowest BCUT2D eigenvalue weighted by molar-refractivity contribution is -0.383. The van der Waals surface area contributed by atoms with Gasteiger partial charge in [0.2, 0.25) is 11.6 Å². The number of nitrogens with zero attached hydrogens (tertiary/aromatic N) is 6. The highest BCUT2D eigenvalue weighted by atomic mass is 16.6. The maximum absolute atomic E-state index is 11.8. The van der Waals surface area contributed by atoms with Gasteiger partial charge in [0.05, 0.1) is 18.1 Å². The molecular weight excluding hydrogens is 362 g/mol. The van der Waals surface area contributed by atoms with E-state index in [9.17, 15) is 10.1 Å². The summed E-state index contributed by atoms with van der Waals surface area (Å²) in [4.78, 5) is 26.4. The zero-order valence-corrected chi connectivity index (χ0v) is 16.8. The SMILES string of the molecule is CN1CCC(N(C)c2ncnc(NCCCN3CCOCC3)c2[N+](=O)[O-])CC1. The number of rotatable bonds is 8. The molecule has 2 fully saturated rings. The molecule has 0 aromatic carbocycles. The first-order valence-electron chi connectivity index (χ1n) is 10.0. The van der Waals surface area contributed by atoms with Crippen molar-refractivity contribution in [2.45, 2.75) is 25.3 Å². The number of ether oxygens (including phenoxy) is 1. The minimum atomic E-state index is -0.370. The Bertz CT molecular complexity index is 646. The van der Waals surface area contributed by atoms with E-state index in [0.717, 1.165) is 65.2 Å². The Morgan fingerprint density at radius 1 is 1.29 bits per heavy atom. The Morgan fingerprint density at radius 2 is 2.00 bits per heavy atom. The monoisotopic (exact) mass is 393 g/mol. The number of piperidine rings is 1. The molecule has 0 aliphatic carbocycles. The molecule has 0 radical (unpaired) electrons. The van der Waals surface area contributed by atoms with Gasteiger partial charge < -0.3 is 19.9 Å². The van der Waals surface area contributed by atoms with E-state index in [-0.39, 0.29) is 16.7 Å². The Kier molecular flexibility index (Phi) is 7.35. The van der Waals surface area contributed by atoms with Crippen LogP contribution in [0.3, 0.4) is 0 Å². The molecule has 28 heavy (non-hydrogen) atoms. The molecule has 2 saturated heterocycles. The summed E-state index contributed by atoms with van der Waals surface area (Å²) in [6.07, 6.45) is 4.24. The summed E-state index contributed by atoms with van der Waals surface area (Å²) in [5.41, 5.74) is -0.0321. The fourth-order valence-corrected chi connectivity index (χ4v) is 3.81. The van der Waals surface area contributed by atoms with Gasteiger partial charge in [-0.05, 0) is 45.9 Å². The highest BCUT2D eigenvalue weighted by Crippen LogP contribution is 2.33. The zero-order chi connectivity index (χ0) is 19.9. The van der Waals surface area contributed by atoms with E-state index in [1.807, 2.05) is 11.9 Å². The van der Waals surface area contributed by atoms with Crippen molar-refractivity contribution in [3.63, 3.8) is 0 Å². The van der Waals surface area contributed by atoms with E-state index in [1.54, 1.807) is 0 Å². The van der Waals surface area contributed by atoms with E-state index >= 15 is 0 Å². The van der Waals surface area contributed by atoms with E-state index in [1.165, 1.54) is 6.33 Å². The van der Waals surface area contributed by atoms with Gasteiger partial charge in [0.15, 0.2) is 0 Å². The lowest BCUT2D eigenvalue weighted by Crippen LogP contribution is -2.42. The van der Waals surface area contributed by atoms with Crippen LogP contribution in [0.2, 0.25) is 0 Å². The fraction of sp³-hybridized carbons (Fsp3) is 0.778. The third kappa shape index (κ3) is 5.27. The first-order chi connectivity index (χ1) is 13.6. The molecule has 3 heterocycles. The van der Waals surface area contributed by atoms with E-state index in [4.69, 9.17) is 4.74 Å². The van der Waals surface area contributed by atoms with E-state index in [0.29, 0.717) is 18.2 Å². The molecule has 2 aliphatic rings. The van der Waals surface area contributed by atoms with Gasteiger partial charge in [0, 0.05) is 32.7 Å². The third-order valence-corrected chi connectivity index (χ3v) is 5.60. The fourth-order valence-electron chi connectivity index (χ4n) is 3.81. The number of likely N-dealkylation sites (tertiary alicyclic amines) is 1. The molecule has 0 spiro atoms. The van der Waals surface area contributed by atoms with Crippen molar-refractivity contribution in [2.24, 2.45) is 0 Å². The van der Waals surface area contributed by atoms with Crippen molar-refractivity contribution in [1.82, 2.24) is 19.8 Å². The molecule has 156 valence electrons. The number of aromatic nitrogens is 2. The second-order valence-electron chi connectivity index (χ2n) is 7.53. The number of anilines is 2. The van der Waals surface area contributed by atoms with E-state index < -0.39 is 0 Å². The average molecular weight is 393 g/mol. The van der Waals surface area contributed by atoms with Crippen LogP contribution in [-0.2, 0) is 4.74 Å². The van der Waals surface area contributed by atoms with Gasteiger partial charge in [0.1, 0.15) is 6.33 Å². The van der Waals surface area contributed by atoms with Crippen molar-refractivity contribution in [3.05, 3.63) is 16.4 Å². The van der Waals surface area contributed by atoms with Crippen molar-refractivity contribution >= 4 is 17.3 Å². The van der Waals surface area contributed by atoms with Gasteiger partial charge in [-0.15, -0.1) is 0 Å². The average Bonchev–Trinajstić information content (AvgIpc) is 2.71. The molecule has 0 atom stereocenters. The predicted octanol–water partition coefficient (Wildman–Crippen LogP) is 1.05. The Labute approximate surface area is 166 Å². The molecule has 0 saturated carbocycles. The van der Waals surface area contributed by atoms with Crippen LogP contribution in [0.15, 0.2) is 6.33 Å². The third-order valence-electron chi connectivity index (χ3n) is 5.60. The highest BCUT2D eigenvalue weighted by molar-refractivity contribution is 5.70. The van der Waals surface area contributed by atoms with Gasteiger partial charge in [-0.25, -0.2) is 9.97 Å². The van der Waals surface area contributed by atoms with E-state index in [2.05, 4.69) is 32.1 Å². The number of hydrogen-bond donors (Lipinski definition) is 1. The predicted molar refractivity (Wildman–Crippen MR) is 108 cm³/mol. The van der Waals surface area contributed by atoms with Crippen LogP contribution in [0.25, 0.3) is 0 Å². The Hall–Kier alpha value is -2.04. The molecule has 10 nitrogen and oxygen atoms in total. The first-order valence-corrected chi connectivity index (χ1v) is 10.0. The summed E-state index contributed by atoms with van der Waals surface area (Å²) in [6, 6.07) is 0.249. The van der Waals surface area contributed by atoms with Crippen LogP contribution in [0.4, 0.5) is 17.3 Å². The highest BCUT2D eigenvalue weighted by Gasteiger charge is 2.30. The molecule has 3 rings (SSSR count). The molecule has 10 heteroatoms. The van der Waals surface area contributed by atoms with Crippen molar-refractivity contribution < 1.29 is 9.66 Å². The summed E-state index contributed by atoms with van der Waals surface area (Å²) >= 11 is 0.